The Morgan fingerprint density at radius 1 is 1.09 bits per heavy atom. The summed E-state index contributed by atoms with van der Waals surface area (Å²) >= 11 is 0. The van der Waals surface area contributed by atoms with Crippen molar-refractivity contribution in [3.63, 3.8) is 0 Å². The van der Waals surface area contributed by atoms with Gasteiger partial charge in [0.05, 0.1) is 23.9 Å². The van der Waals surface area contributed by atoms with Gasteiger partial charge in [-0.2, -0.15) is 10.2 Å². The fraction of sp³-hybridized carbons (Fsp3) is 0.296. The molecule has 7 nitrogen and oxygen atoms in total. The molecule has 4 aromatic rings. The number of anilines is 3. The fourth-order valence-corrected chi connectivity index (χ4v) is 4.57. The average Bonchev–Trinajstić information content (AvgIpc) is 3.13. The topological polar surface area (TPSA) is 83.9 Å². The highest BCUT2D eigenvalue weighted by molar-refractivity contribution is 5.95. The van der Waals surface area contributed by atoms with E-state index >= 15 is 4.39 Å². The molecule has 0 aliphatic carbocycles. The number of H-pyrrole nitrogens is 1. The van der Waals surface area contributed by atoms with Gasteiger partial charge < -0.3 is 20.1 Å². The number of aryl methyl sites for hydroxylation is 2. The van der Waals surface area contributed by atoms with Crippen molar-refractivity contribution >= 4 is 28.4 Å². The van der Waals surface area contributed by atoms with Gasteiger partial charge in [-0.05, 0) is 56.3 Å². The van der Waals surface area contributed by atoms with E-state index in [1.54, 1.807) is 0 Å². The van der Waals surface area contributed by atoms with Crippen molar-refractivity contribution in [2.45, 2.75) is 20.3 Å². The standard InChI is InChI=1S/C27H28FN7/c1-17-18(2)30-26-24(17)25(20-6-4-5-19(15-20)9-10-29)32-27(33-26)31-21-7-8-23(22(28)16-21)35-13-11-34(3)12-14-35/h4-8,15-16H,9,11-14H2,1-3H3,(H2,30,31,32,33). The number of aromatic amines is 1. The normalized spacial score (nSPS) is 14.3. The number of hydrogen-bond donors (Lipinski definition) is 2. The van der Waals surface area contributed by atoms with Crippen molar-refractivity contribution < 1.29 is 4.39 Å². The summed E-state index contributed by atoms with van der Waals surface area (Å²) in [5.74, 6) is 0.114. The molecule has 2 aromatic heterocycles. The summed E-state index contributed by atoms with van der Waals surface area (Å²) in [5.41, 5.74) is 6.62. The summed E-state index contributed by atoms with van der Waals surface area (Å²) in [4.78, 5) is 17.2. The Balaban J connectivity index is 1.50. The number of nitriles is 1. The van der Waals surface area contributed by atoms with Gasteiger partial charge in [0, 0.05) is 48.5 Å². The van der Waals surface area contributed by atoms with Crippen LogP contribution in [0.4, 0.5) is 21.7 Å². The highest BCUT2D eigenvalue weighted by Gasteiger charge is 2.19. The third-order valence-corrected chi connectivity index (χ3v) is 6.68. The minimum Gasteiger partial charge on any atom is -0.367 e. The Bertz CT molecular complexity index is 1430. The van der Waals surface area contributed by atoms with E-state index in [0.717, 1.165) is 59.6 Å². The molecule has 1 aliphatic heterocycles. The summed E-state index contributed by atoms with van der Waals surface area (Å²) in [6.45, 7) is 7.49. The Hall–Kier alpha value is -3.96. The third kappa shape index (κ3) is 4.55. The fourth-order valence-electron chi connectivity index (χ4n) is 4.57. The second-order valence-electron chi connectivity index (χ2n) is 9.11. The van der Waals surface area contributed by atoms with Crippen LogP contribution < -0.4 is 10.2 Å². The van der Waals surface area contributed by atoms with Crippen LogP contribution in [0.5, 0.6) is 0 Å². The van der Waals surface area contributed by atoms with Gasteiger partial charge >= 0.3 is 0 Å². The molecule has 2 N–H and O–H groups in total. The molecule has 2 aromatic carbocycles. The molecule has 0 unspecified atom stereocenters. The molecule has 1 fully saturated rings. The Morgan fingerprint density at radius 3 is 2.63 bits per heavy atom. The van der Waals surface area contributed by atoms with Crippen LogP contribution in [0.2, 0.25) is 0 Å². The highest BCUT2D eigenvalue weighted by Crippen LogP contribution is 2.33. The maximum absolute atomic E-state index is 15.0. The molecule has 178 valence electrons. The van der Waals surface area contributed by atoms with Crippen LogP contribution in [0.25, 0.3) is 22.3 Å². The number of aromatic nitrogens is 3. The number of hydrogen-bond acceptors (Lipinski definition) is 6. The SMILES string of the molecule is Cc1[nH]c2nc(Nc3ccc(N4CCN(C)CC4)c(F)c3)nc(-c3cccc(CC#N)c3)c2c1C. The molecular weight excluding hydrogens is 441 g/mol. The van der Waals surface area contributed by atoms with E-state index in [4.69, 9.17) is 10.2 Å². The Morgan fingerprint density at radius 2 is 1.89 bits per heavy atom. The summed E-state index contributed by atoms with van der Waals surface area (Å²) in [6, 6.07) is 15.2. The second kappa shape index (κ2) is 9.35. The molecule has 8 heteroatoms. The van der Waals surface area contributed by atoms with E-state index in [1.807, 2.05) is 50.2 Å². The van der Waals surface area contributed by atoms with Crippen molar-refractivity contribution in [2.75, 3.05) is 43.4 Å². The lowest BCUT2D eigenvalue weighted by atomic mass is 10.0. The van der Waals surface area contributed by atoms with E-state index in [-0.39, 0.29) is 5.82 Å². The van der Waals surface area contributed by atoms with Gasteiger partial charge in [0.1, 0.15) is 11.5 Å². The zero-order valence-electron chi connectivity index (χ0n) is 20.2. The minimum atomic E-state index is -0.267. The number of halogens is 1. The van der Waals surface area contributed by atoms with Crippen molar-refractivity contribution in [1.29, 1.82) is 5.26 Å². The van der Waals surface area contributed by atoms with E-state index in [9.17, 15) is 0 Å². The van der Waals surface area contributed by atoms with Gasteiger partial charge in [-0.3, -0.25) is 0 Å². The predicted octanol–water partition coefficient (Wildman–Crippen LogP) is 4.94. The maximum Gasteiger partial charge on any atom is 0.229 e. The number of fused-ring (bicyclic) bond motifs is 1. The predicted molar refractivity (Wildman–Crippen MR) is 138 cm³/mol. The molecular formula is C27H28FN7. The number of benzene rings is 2. The van der Waals surface area contributed by atoms with Gasteiger partial charge in [-0.1, -0.05) is 18.2 Å². The summed E-state index contributed by atoms with van der Waals surface area (Å²) in [7, 11) is 2.08. The van der Waals surface area contributed by atoms with Crippen LogP contribution in [0.15, 0.2) is 42.5 Å². The van der Waals surface area contributed by atoms with Crippen LogP contribution in [0.1, 0.15) is 16.8 Å². The van der Waals surface area contributed by atoms with Crippen molar-refractivity contribution in [3.8, 4) is 17.3 Å². The van der Waals surface area contributed by atoms with E-state index in [1.165, 1.54) is 6.07 Å². The summed E-state index contributed by atoms with van der Waals surface area (Å²) < 4.78 is 15.0. The third-order valence-electron chi connectivity index (χ3n) is 6.68. The molecule has 1 aliphatic rings. The Labute approximate surface area is 204 Å². The highest BCUT2D eigenvalue weighted by atomic mass is 19.1. The van der Waals surface area contributed by atoms with Crippen molar-refractivity contribution in [1.82, 2.24) is 19.9 Å². The molecule has 5 rings (SSSR count). The first-order chi connectivity index (χ1) is 16.9. The molecule has 0 amide bonds. The molecule has 0 bridgehead atoms. The number of rotatable bonds is 5. The molecule has 0 radical (unpaired) electrons. The molecule has 0 spiro atoms. The molecule has 3 heterocycles. The summed E-state index contributed by atoms with van der Waals surface area (Å²) in [6.07, 6.45) is 0.331. The first-order valence-electron chi connectivity index (χ1n) is 11.8. The first-order valence-corrected chi connectivity index (χ1v) is 11.8. The van der Waals surface area contributed by atoms with Crippen LogP contribution in [0, 0.1) is 31.0 Å². The first kappa shape index (κ1) is 22.8. The molecule has 0 saturated carbocycles. The summed E-state index contributed by atoms with van der Waals surface area (Å²) in [5, 5.41) is 13.3. The van der Waals surface area contributed by atoms with Gasteiger partial charge in [0.25, 0.3) is 0 Å². The van der Waals surface area contributed by atoms with Crippen LogP contribution in [-0.2, 0) is 6.42 Å². The lowest BCUT2D eigenvalue weighted by Crippen LogP contribution is -2.44. The number of nitrogens with one attached hydrogen (secondary N) is 2. The molecule has 0 atom stereocenters. The van der Waals surface area contributed by atoms with Gasteiger partial charge in [0.15, 0.2) is 0 Å². The zero-order chi connectivity index (χ0) is 24.5. The average molecular weight is 470 g/mol. The quantitative estimate of drug-likeness (QED) is 0.431. The van der Waals surface area contributed by atoms with Crippen LogP contribution in [0.3, 0.4) is 0 Å². The monoisotopic (exact) mass is 469 g/mol. The van der Waals surface area contributed by atoms with Gasteiger partial charge in [-0.15, -0.1) is 0 Å². The van der Waals surface area contributed by atoms with Gasteiger partial charge in [0.2, 0.25) is 5.95 Å². The lowest BCUT2D eigenvalue weighted by Gasteiger charge is -2.34. The van der Waals surface area contributed by atoms with Crippen LogP contribution in [-0.4, -0.2) is 53.1 Å². The van der Waals surface area contributed by atoms with E-state index < -0.39 is 0 Å². The number of nitrogens with zero attached hydrogens (tertiary/aromatic N) is 5. The Kier molecular flexibility index (Phi) is 6.10. The lowest BCUT2D eigenvalue weighted by molar-refractivity contribution is 0.311. The molecule has 35 heavy (non-hydrogen) atoms. The van der Waals surface area contributed by atoms with Crippen LogP contribution >= 0.6 is 0 Å². The maximum atomic E-state index is 15.0. The smallest absolute Gasteiger partial charge is 0.229 e. The zero-order valence-corrected chi connectivity index (χ0v) is 20.2. The number of likely N-dealkylation sites (N-methyl/N-ethyl adjacent to an activating group) is 1. The van der Waals surface area contributed by atoms with Crippen molar-refractivity contribution in [2.24, 2.45) is 0 Å². The largest absolute Gasteiger partial charge is 0.367 e. The molecule has 1 saturated heterocycles. The van der Waals surface area contributed by atoms with E-state index in [0.29, 0.717) is 29.4 Å². The second-order valence-corrected chi connectivity index (χ2v) is 9.11. The van der Waals surface area contributed by atoms with E-state index in [2.05, 4.69) is 38.2 Å². The van der Waals surface area contributed by atoms with Crippen molar-refractivity contribution in [3.05, 3.63) is 65.1 Å². The number of piperazine rings is 1. The minimum absolute atomic E-state index is 0.267. The van der Waals surface area contributed by atoms with Gasteiger partial charge in [-0.25, -0.2) is 9.37 Å².